The number of hydrogen-bond donors (Lipinski definition) is 4. The number of carbonyl (C=O) groups is 2. The van der Waals surface area contributed by atoms with Crippen molar-refractivity contribution in [3.63, 3.8) is 0 Å². The molecule has 1 unspecified atom stereocenters. The van der Waals surface area contributed by atoms with E-state index in [1.54, 1.807) is 13.0 Å². The van der Waals surface area contributed by atoms with E-state index in [2.05, 4.69) is 15.3 Å². The second-order valence-corrected chi connectivity index (χ2v) is 12.4. The molecular formula is C34H32F4N4O7. The number of carbonyl (C=O) groups excluding carboxylic acids is 2. The van der Waals surface area contributed by atoms with Gasteiger partial charge in [-0.3, -0.25) is 9.59 Å². The number of nitrogens with zero attached hydrogens (tertiary/aromatic N) is 2. The summed E-state index contributed by atoms with van der Waals surface area (Å²) in [6.45, 7) is 1.23. The smallest absolute Gasteiger partial charge is 0.424 e. The Morgan fingerprint density at radius 2 is 1.84 bits per heavy atom. The Labute approximate surface area is 277 Å². The number of aromatic nitrogens is 2. The van der Waals surface area contributed by atoms with E-state index < -0.39 is 53.2 Å². The van der Waals surface area contributed by atoms with Gasteiger partial charge in [0.25, 0.3) is 5.91 Å². The van der Waals surface area contributed by atoms with Crippen LogP contribution in [0.25, 0.3) is 22.2 Å². The van der Waals surface area contributed by atoms with Gasteiger partial charge in [-0.25, -0.2) is 14.4 Å². The number of aliphatic hydroxyl groups excluding tert-OH is 1. The molecule has 0 bridgehead atoms. The van der Waals surface area contributed by atoms with E-state index in [1.165, 1.54) is 37.3 Å². The average Bonchev–Trinajstić information content (AvgIpc) is 3.81. The summed E-state index contributed by atoms with van der Waals surface area (Å²) in [6.07, 6.45) is -4.73. The van der Waals surface area contributed by atoms with Crippen molar-refractivity contribution < 1.29 is 51.6 Å². The van der Waals surface area contributed by atoms with Crippen molar-refractivity contribution in [2.24, 2.45) is 5.73 Å². The Bertz CT molecular complexity index is 1930. The Kier molecular flexibility index (Phi) is 8.61. The third-order valence-electron chi connectivity index (χ3n) is 8.42. The van der Waals surface area contributed by atoms with Crippen LogP contribution in [-0.4, -0.2) is 70.1 Å². The molecule has 3 heterocycles. The number of ether oxygens (including phenoxy) is 3. The summed E-state index contributed by atoms with van der Waals surface area (Å²) < 4.78 is 75.4. The summed E-state index contributed by atoms with van der Waals surface area (Å²) in [5.74, 6) is -2.12. The molecule has 0 spiro atoms. The molecule has 0 radical (unpaired) electrons. The number of rotatable bonds is 11. The zero-order chi connectivity index (χ0) is 35.3. The largest absolute Gasteiger partial charge is 0.489 e. The van der Waals surface area contributed by atoms with Crippen molar-refractivity contribution in [3.05, 3.63) is 77.2 Å². The lowest BCUT2D eigenvalue weighted by Gasteiger charge is -2.31. The number of fused-ring (bicyclic) bond motifs is 2. The van der Waals surface area contributed by atoms with E-state index in [1.807, 2.05) is 0 Å². The first-order valence-corrected chi connectivity index (χ1v) is 15.3. The van der Waals surface area contributed by atoms with Gasteiger partial charge in [0.2, 0.25) is 17.4 Å². The van der Waals surface area contributed by atoms with Gasteiger partial charge >= 0.3 is 6.18 Å². The first-order valence-electron chi connectivity index (χ1n) is 15.3. The maximum absolute atomic E-state index is 14.8. The van der Waals surface area contributed by atoms with Crippen molar-refractivity contribution >= 4 is 22.7 Å². The molecule has 2 aromatic heterocycles. The highest BCUT2D eigenvalue weighted by atomic mass is 19.4. The highest BCUT2D eigenvalue weighted by molar-refractivity contribution is 6.00. The maximum atomic E-state index is 14.8. The Balaban J connectivity index is 1.37. The second-order valence-electron chi connectivity index (χ2n) is 12.4. The first kappa shape index (κ1) is 33.9. The summed E-state index contributed by atoms with van der Waals surface area (Å²) in [5.41, 5.74) is -0.506. The monoisotopic (exact) mass is 684 g/mol. The second kappa shape index (κ2) is 12.5. The number of amides is 2. The van der Waals surface area contributed by atoms with Gasteiger partial charge in [0, 0.05) is 28.1 Å². The first-order chi connectivity index (χ1) is 23.1. The van der Waals surface area contributed by atoms with Gasteiger partial charge in [0.05, 0.1) is 24.4 Å². The topological polar surface area (TPSA) is 166 Å². The molecule has 49 heavy (non-hydrogen) atoms. The number of hydrogen-bond acceptors (Lipinski definition) is 9. The molecule has 1 saturated carbocycles. The molecular weight excluding hydrogens is 652 g/mol. The number of halogens is 4. The summed E-state index contributed by atoms with van der Waals surface area (Å²) in [5, 5.41) is 23.5. The summed E-state index contributed by atoms with van der Waals surface area (Å²) in [6, 6.07) is 11.4. The van der Waals surface area contributed by atoms with Crippen molar-refractivity contribution in [1.29, 1.82) is 0 Å². The van der Waals surface area contributed by atoms with Crippen LogP contribution in [-0.2, 0) is 15.8 Å². The molecule has 5 N–H and O–H groups in total. The van der Waals surface area contributed by atoms with E-state index >= 15 is 0 Å². The zero-order valence-corrected chi connectivity index (χ0v) is 26.3. The summed E-state index contributed by atoms with van der Waals surface area (Å²) >= 11 is 0. The van der Waals surface area contributed by atoms with E-state index in [4.69, 9.17) is 19.9 Å². The number of primary amides is 1. The lowest BCUT2D eigenvalue weighted by Crippen LogP contribution is -2.51. The van der Waals surface area contributed by atoms with Crippen molar-refractivity contribution in [1.82, 2.24) is 15.3 Å². The Morgan fingerprint density at radius 3 is 2.47 bits per heavy atom. The van der Waals surface area contributed by atoms with Crippen LogP contribution < -0.4 is 25.3 Å². The fourth-order valence-corrected chi connectivity index (χ4v) is 5.31. The molecule has 0 saturated heterocycles. The van der Waals surface area contributed by atoms with Crippen LogP contribution in [0.3, 0.4) is 0 Å². The molecule has 4 aromatic rings. The number of nitrogens with two attached hydrogens (primary N) is 1. The molecule has 11 nitrogen and oxygen atoms in total. The van der Waals surface area contributed by atoms with Gasteiger partial charge in [0.15, 0.2) is 0 Å². The SMILES string of the molecule is C[C@@H](O)COc1ccc2cc(C(=O)NCC(O)(c3cc4c(c(-c5ccc(F)cc5)n3)OC[C@]4(C)C(N)=O)C(F)(F)F)cc(OC3CC3)c2n1. The number of pyridine rings is 2. The Hall–Kier alpha value is -5.02. The van der Waals surface area contributed by atoms with Crippen LogP contribution in [0, 0.1) is 5.82 Å². The normalized spacial score (nSPS) is 19.0. The van der Waals surface area contributed by atoms with Crippen molar-refractivity contribution in [3.8, 4) is 28.6 Å². The van der Waals surface area contributed by atoms with Crippen molar-refractivity contribution in [2.45, 2.75) is 56.1 Å². The Morgan fingerprint density at radius 1 is 1.12 bits per heavy atom. The van der Waals surface area contributed by atoms with Gasteiger partial charge in [-0.1, -0.05) is 0 Å². The van der Waals surface area contributed by atoms with Crippen LogP contribution >= 0.6 is 0 Å². The average molecular weight is 685 g/mol. The number of nitrogens with one attached hydrogen (secondary N) is 1. The lowest BCUT2D eigenvalue weighted by molar-refractivity contribution is -0.265. The van der Waals surface area contributed by atoms with E-state index in [0.717, 1.165) is 31.0 Å². The predicted octanol–water partition coefficient (Wildman–Crippen LogP) is 4.05. The van der Waals surface area contributed by atoms with Gasteiger partial charge in [0.1, 0.15) is 47.2 Å². The molecule has 3 atom stereocenters. The molecule has 2 amide bonds. The van der Waals surface area contributed by atoms with Crippen LogP contribution in [0.4, 0.5) is 17.6 Å². The van der Waals surface area contributed by atoms with Gasteiger partial charge in [-0.15, -0.1) is 0 Å². The third kappa shape index (κ3) is 6.55. The zero-order valence-electron chi connectivity index (χ0n) is 26.3. The molecule has 1 aliphatic carbocycles. The molecule has 2 aliphatic rings. The van der Waals surface area contributed by atoms with E-state index in [9.17, 15) is 37.4 Å². The number of alkyl halides is 3. The minimum absolute atomic E-state index is 0.0147. The predicted molar refractivity (Wildman–Crippen MR) is 167 cm³/mol. The number of aliphatic hydroxyl groups is 2. The highest BCUT2D eigenvalue weighted by Crippen LogP contribution is 2.47. The van der Waals surface area contributed by atoms with E-state index in [-0.39, 0.29) is 59.1 Å². The number of benzene rings is 2. The molecule has 1 aliphatic heterocycles. The minimum Gasteiger partial charge on any atom is -0.489 e. The molecule has 258 valence electrons. The lowest BCUT2D eigenvalue weighted by atomic mass is 9.81. The quantitative estimate of drug-likeness (QED) is 0.171. The van der Waals surface area contributed by atoms with Crippen molar-refractivity contribution in [2.75, 3.05) is 19.8 Å². The minimum atomic E-state index is -5.39. The van der Waals surface area contributed by atoms with E-state index in [0.29, 0.717) is 10.9 Å². The van der Waals surface area contributed by atoms with Crippen LogP contribution in [0.1, 0.15) is 48.3 Å². The standard InChI is InChI=1S/C34H32F4N4O7/c1-17(43)14-47-26-10-5-19-11-20(12-24(27(19)42-26)49-22-8-9-22)30(44)40-15-33(46,34(36,37)38)25-13-23-29(48-16-32(23,2)31(39)45)28(41-25)18-3-6-21(35)7-4-18/h3-7,10-13,17,22,43,46H,8-9,14-16H2,1-2H3,(H2,39,45)(H,40,44)/t17-,32+,33?/m1/s1. The van der Waals surface area contributed by atoms with Crippen LogP contribution in [0.15, 0.2) is 54.6 Å². The highest BCUT2D eigenvalue weighted by Gasteiger charge is 2.57. The van der Waals surface area contributed by atoms with Crippen LogP contribution in [0.2, 0.25) is 0 Å². The maximum Gasteiger partial charge on any atom is 0.424 e. The fraction of sp³-hybridized carbons (Fsp3) is 0.353. The molecule has 6 rings (SSSR count). The third-order valence-corrected chi connectivity index (χ3v) is 8.42. The molecule has 1 fully saturated rings. The molecule has 2 aromatic carbocycles. The van der Waals surface area contributed by atoms with Gasteiger partial charge in [-0.05, 0) is 75.2 Å². The van der Waals surface area contributed by atoms with Gasteiger partial charge < -0.3 is 35.5 Å². The summed E-state index contributed by atoms with van der Waals surface area (Å²) in [7, 11) is 0. The summed E-state index contributed by atoms with van der Waals surface area (Å²) in [4.78, 5) is 34.4. The fourth-order valence-electron chi connectivity index (χ4n) is 5.31. The van der Waals surface area contributed by atoms with Crippen LogP contribution in [0.5, 0.6) is 17.4 Å². The van der Waals surface area contributed by atoms with Gasteiger partial charge in [-0.2, -0.15) is 13.2 Å². The molecule has 15 heteroatoms.